The standard InChI is InChI=1S/C28H32O7/c1-31-23-14-12-22(13-15-23)19-34-27-26(33-18-21-10-6-3-7-11-21)25(24(16-29)35-28(27)30)32-17-20-8-4-2-5-9-20/h2-15,24-30H,16-19H2,1H3/t24-,25-,26+,27-,28-/m1/s1. The van der Waals surface area contributed by atoms with E-state index in [2.05, 4.69) is 0 Å². The number of hydrogen-bond acceptors (Lipinski definition) is 7. The highest BCUT2D eigenvalue weighted by Gasteiger charge is 2.47. The van der Waals surface area contributed by atoms with Gasteiger partial charge in [-0.05, 0) is 28.8 Å². The van der Waals surface area contributed by atoms with Gasteiger partial charge in [0.15, 0.2) is 6.29 Å². The summed E-state index contributed by atoms with van der Waals surface area (Å²) in [5, 5.41) is 20.8. The van der Waals surface area contributed by atoms with Gasteiger partial charge in [0.05, 0.1) is 33.5 Å². The molecule has 3 aromatic carbocycles. The molecule has 1 aliphatic heterocycles. The van der Waals surface area contributed by atoms with Crippen LogP contribution >= 0.6 is 0 Å². The lowest BCUT2D eigenvalue weighted by molar-refractivity contribution is -0.315. The second-order valence-corrected chi connectivity index (χ2v) is 8.39. The third-order valence-electron chi connectivity index (χ3n) is 5.96. The van der Waals surface area contributed by atoms with E-state index in [1.165, 1.54) is 0 Å². The van der Waals surface area contributed by atoms with Gasteiger partial charge in [-0.3, -0.25) is 0 Å². The number of rotatable bonds is 11. The van der Waals surface area contributed by atoms with Gasteiger partial charge in [0.2, 0.25) is 0 Å². The SMILES string of the molecule is COc1ccc(CO[C@@H]2[C@@H](OCc3ccccc3)[C@H](OCc3ccccc3)[C@@H](CO)O[C@H]2O)cc1. The Morgan fingerprint density at radius 1 is 0.657 bits per heavy atom. The number of benzene rings is 3. The highest BCUT2D eigenvalue weighted by molar-refractivity contribution is 5.26. The third-order valence-corrected chi connectivity index (χ3v) is 5.96. The van der Waals surface area contributed by atoms with Crippen molar-refractivity contribution < 1.29 is 33.9 Å². The summed E-state index contributed by atoms with van der Waals surface area (Å²) in [6.07, 6.45) is -4.23. The quantitative estimate of drug-likeness (QED) is 0.435. The van der Waals surface area contributed by atoms with Crippen LogP contribution in [-0.4, -0.2) is 54.6 Å². The molecule has 5 atom stereocenters. The van der Waals surface area contributed by atoms with Crippen molar-refractivity contribution >= 4 is 0 Å². The fourth-order valence-corrected chi connectivity index (χ4v) is 4.06. The minimum absolute atomic E-state index is 0.232. The zero-order valence-corrected chi connectivity index (χ0v) is 19.7. The summed E-state index contributed by atoms with van der Waals surface area (Å²) < 4.78 is 29.6. The van der Waals surface area contributed by atoms with E-state index in [9.17, 15) is 10.2 Å². The molecule has 0 amide bonds. The number of methoxy groups -OCH3 is 1. The molecule has 1 heterocycles. The first-order valence-corrected chi connectivity index (χ1v) is 11.7. The first-order valence-electron chi connectivity index (χ1n) is 11.7. The Bertz CT molecular complexity index is 997. The molecule has 0 unspecified atom stereocenters. The van der Waals surface area contributed by atoms with Crippen molar-refractivity contribution in [3.63, 3.8) is 0 Å². The van der Waals surface area contributed by atoms with Crippen LogP contribution in [0.4, 0.5) is 0 Å². The molecule has 2 N–H and O–H groups in total. The van der Waals surface area contributed by atoms with E-state index in [-0.39, 0.29) is 13.2 Å². The van der Waals surface area contributed by atoms with Crippen LogP contribution in [0.5, 0.6) is 5.75 Å². The number of aliphatic hydroxyl groups is 2. The molecule has 0 saturated carbocycles. The summed E-state index contributed by atoms with van der Waals surface area (Å²) in [5.41, 5.74) is 2.86. The molecule has 1 saturated heterocycles. The molecular formula is C28H32O7. The molecule has 1 aliphatic rings. The molecule has 7 nitrogen and oxygen atoms in total. The van der Waals surface area contributed by atoms with E-state index in [4.69, 9.17) is 23.7 Å². The van der Waals surface area contributed by atoms with Crippen molar-refractivity contribution in [3.8, 4) is 5.75 Å². The van der Waals surface area contributed by atoms with Crippen LogP contribution in [0.15, 0.2) is 84.9 Å². The maximum Gasteiger partial charge on any atom is 0.184 e. The van der Waals surface area contributed by atoms with Gasteiger partial charge in [0, 0.05) is 0 Å². The van der Waals surface area contributed by atoms with Crippen LogP contribution in [0.2, 0.25) is 0 Å². The van der Waals surface area contributed by atoms with Crippen molar-refractivity contribution in [3.05, 3.63) is 102 Å². The van der Waals surface area contributed by atoms with E-state index in [0.29, 0.717) is 13.2 Å². The molecule has 186 valence electrons. The van der Waals surface area contributed by atoms with Gasteiger partial charge in [-0.15, -0.1) is 0 Å². The summed E-state index contributed by atoms with van der Waals surface area (Å²) in [6.45, 7) is 0.504. The molecule has 0 spiro atoms. The van der Waals surface area contributed by atoms with Crippen molar-refractivity contribution in [1.82, 2.24) is 0 Å². The van der Waals surface area contributed by atoms with Crippen LogP contribution in [0.3, 0.4) is 0 Å². The Balaban J connectivity index is 1.52. The van der Waals surface area contributed by atoms with E-state index in [1.807, 2.05) is 84.9 Å². The topological polar surface area (TPSA) is 86.6 Å². The zero-order valence-electron chi connectivity index (χ0n) is 19.7. The second kappa shape index (κ2) is 12.8. The maximum absolute atomic E-state index is 10.8. The molecule has 4 rings (SSSR count). The molecular weight excluding hydrogens is 448 g/mol. The lowest BCUT2D eigenvalue weighted by atomic mass is 9.98. The smallest absolute Gasteiger partial charge is 0.184 e. The number of hydrogen-bond donors (Lipinski definition) is 2. The Labute approximate surface area is 205 Å². The highest BCUT2D eigenvalue weighted by Crippen LogP contribution is 2.29. The third kappa shape index (κ3) is 6.89. The van der Waals surface area contributed by atoms with Crippen molar-refractivity contribution in [2.75, 3.05) is 13.7 Å². The minimum atomic E-state index is -1.29. The van der Waals surface area contributed by atoms with Gasteiger partial charge < -0.3 is 33.9 Å². The molecule has 0 bridgehead atoms. The molecule has 0 aromatic heterocycles. The lowest BCUT2D eigenvalue weighted by Gasteiger charge is -2.44. The predicted molar refractivity (Wildman–Crippen MR) is 130 cm³/mol. The van der Waals surface area contributed by atoms with Crippen LogP contribution in [-0.2, 0) is 38.8 Å². The molecule has 0 aliphatic carbocycles. The largest absolute Gasteiger partial charge is 0.497 e. The summed E-state index contributed by atoms with van der Waals surface area (Å²) in [7, 11) is 1.61. The van der Waals surface area contributed by atoms with Gasteiger partial charge in [0.25, 0.3) is 0 Å². The highest BCUT2D eigenvalue weighted by atomic mass is 16.7. The Kier molecular flexibility index (Phi) is 9.25. The normalized spacial score (nSPS) is 24.3. The van der Waals surface area contributed by atoms with Gasteiger partial charge in [-0.25, -0.2) is 0 Å². The van der Waals surface area contributed by atoms with Gasteiger partial charge in [-0.1, -0.05) is 72.8 Å². The first kappa shape index (κ1) is 25.3. The van der Waals surface area contributed by atoms with Crippen LogP contribution in [0.1, 0.15) is 16.7 Å². The first-order chi connectivity index (χ1) is 17.2. The summed E-state index contributed by atoms with van der Waals surface area (Å²) in [5.74, 6) is 0.749. The van der Waals surface area contributed by atoms with Crippen molar-refractivity contribution in [2.45, 2.75) is 50.5 Å². The van der Waals surface area contributed by atoms with Gasteiger partial charge in [-0.2, -0.15) is 0 Å². The average Bonchev–Trinajstić information content (AvgIpc) is 2.91. The van der Waals surface area contributed by atoms with Crippen LogP contribution < -0.4 is 4.74 Å². The van der Waals surface area contributed by atoms with Crippen LogP contribution in [0, 0.1) is 0 Å². The van der Waals surface area contributed by atoms with Gasteiger partial charge in [0.1, 0.15) is 30.2 Å². The zero-order chi connectivity index (χ0) is 24.5. The Hall–Kier alpha value is -2.78. The molecule has 7 heteroatoms. The van der Waals surface area contributed by atoms with E-state index < -0.39 is 30.7 Å². The van der Waals surface area contributed by atoms with E-state index in [0.717, 1.165) is 22.4 Å². The fourth-order valence-electron chi connectivity index (χ4n) is 4.06. The van der Waals surface area contributed by atoms with Crippen molar-refractivity contribution in [2.24, 2.45) is 0 Å². The van der Waals surface area contributed by atoms with Crippen molar-refractivity contribution in [1.29, 1.82) is 0 Å². The molecule has 1 fully saturated rings. The minimum Gasteiger partial charge on any atom is -0.497 e. The summed E-state index contributed by atoms with van der Waals surface area (Å²) in [4.78, 5) is 0. The summed E-state index contributed by atoms with van der Waals surface area (Å²) >= 11 is 0. The number of ether oxygens (including phenoxy) is 5. The maximum atomic E-state index is 10.8. The van der Waals surface area contributed by atoms with Gasteiger partial charge >= 0.3 is 0 Å². The van der Waals surface area contributed by atoms with E-state index >= 15 is 0 Å². The molecule has 0 radical (unpaired) electrons. The van der Waals surface area contributed by atoms with E-state index in [1.54, 1.807) is 7.11 Å². The fraction of sp³-hybridized carbons (Fsp3) is 0.357. The summed E-state index contributed by atoms with van der Waals surface area (Å²) in [6, 6.07) is 27.0. The predicted octanol–water partition coefficient (Wildman–Crippen LogP) is 3.46. The monoisotopic (exact) mass is 480 g/mol. The lowest BCUT2D eigenvalue weighted by Crippen LogP contribution is -2.61. The molecule has 3 aromatic rings. The Morgan fingerprint density at radius 3 is 1.66 bits per heavy atom. The number of aliphatic hydroxyl groups excluding tert-OH is 2. The van der Waals surface area contributed by atoms with Crippen LogP contribution in [0.25, 0.3) is 0 Å². The Morgan fingerprint density at radius 2 is 1.14 bits per heavy atom. The average molecular weight is 481 g/mol. The molecule has 35 heavy (non-hydrogen) atoms. The second-order valence-electron chi connectivity index (χ2n) is 8.39.